The first-order valence-corrected chi connectivity index (χ1v) is 11.4. The van der Waals surface area contributed by atoms with Gasteiger partial charge in [0.1, 0.15) is 23.6 Å². The molecule has 184 valence electrons. The highest BCUT2D eigenvalue weighted by molar-refractivity contribution is 5.87. The summed E-state index contributed by atoms with van der Waals surface area (Å²) < 4.78 is 46.5. The van der Waals surface area contributed by atoms with Gasteiger partial charge in [-0.15, -0.1) is 5.73 Å². The Kier molecular flexibility index (Phi) is 5.94. The Hall–Kier alpha value is -3.87. The fourth-order valence-electron chi connectivity index (χ4n) is 4.38. The molecule has 5 rings (SSSR count). The number of hydrogen-bond acceptors (Lipinski definition) is 7. The van der Waals surface area contributed by atoms with E-state index in [4.69, 9.17) is 10.00 Å². The molecule has 0 saturated carbocycles. The lowest BCUT2D eigenvalue weighted by Crippen LogP contribution is -2.24. The fourth-order valence-corrected chi connectivity index (χ4v) is 4.38. The second-order valence-electron chi connectivity index (χ2n) is 8.92. The first-order valence-electron chi connectivity index (χ1n) is 11.4. The molecule has 8 nitrogen and oxygen atoms in total. The standard InChI is InChI=1S/C25H21F3N6O2/c1-13-14(2)31-24-22(30-13)21(17-9-18(10-17)25(26,27)28)32-23(33-24)15-5-8-36-19(11-15)16-3-4-20(35)34(12-16)7-6-29/h3-4,12,15,19H,5,7-9,11H2,1-2H3/t15-,19+/m0/s1. The van der Waals surface area contributed by atoms with E-state index >= 15 is 0 Å². The second-order valence-corrected chi connectivity index (χ2v) is 8.92. The normalized spacial score (nSPS) is 19.9. The van der Waals surface area contributed by atoms with E-state index in [0.717, 1.165) is 5.56 Å². The van der Waals surface area contributed by atoms with Crippen LogP contribution in [0.1, 0.15) is 59.8 Å². The summed E-state index contributed by atoms with van der Waals surface area (Å²) in [6, 6.07) is 5.04. The summed E-state index contributed by atoms with van der Waals surface area (Å²) in [6.45, 7) is 3.91. The van der Waals surface area contributed by atoms with Crippen molar-refractivity contribution in [2.24, 2.45) is 0 Å². The Morgan fingerprint density at radius 2 is 1.94 bits per heavy atom. The van der Waals surface area contributed by atoms with Crippen molar-refractivity contribution < 1.29 is 17.9 Å². The molecular weight excluding hydrogens is 473 g/mol. The maximum absolute atomic E-state index is 13.1. The summed E-state index contributed by atoms with van der Waals surface area (Å²) in [7, 11) is 0. The van der Waals surface area contributed by atoms with E-state index in [2.05, 4.69) is 25.7 Å². The topological polar surface area (TPSA) is 107 Å². The zero-order chi connectivity index (χ0) is 25.6. The molecule has 0 unspecified atom stereocenters. The van der Waals surface area contributed by atoms with E-state index in [1.807, 2.05) is 6.07 Å². The molecule has 0 bridgehead atoms. The van der Waals surface area contributed by atoms with E-state index in [-0.39, 0.29) is 30.5 Å². The molecule has 0 aromatic carbocycles. The van der Waals surface area contributed by atoms with Gasteiger partial charge in [-0.05, 0) is 38.3 Å². The lowest BCUT2D eigenvalue weighted by atomic mass is 9.90. The number of aryl methyl sites for hydroxylation is 2. The van der Waals surface area contributed by atoms with Gasteiger partial charge >= 0.3 is 6.18 Å². The van der Waals surface area contributed by atoms with Gasteiger partial charge in [0.15, 0.2) is 5.65 Å². The number of fused-ring (bicyclic) bond motifs is 1. The molecule has 1 aliphatic heterocycles. The van der Waals surface area contributed by atoms with Gasteiger partial charge in [-0.1, -0.05) is 0 Å². The summed E-state index contributed by atoms with van der Waals surface area (Å²) in [4.78, 5) is 30.4. The number of rotatable bonds is 4. The Balaban J connectivity index is 1.55. The van der Waals surface area contributed by atoms with Crippen molar-refractivity contribution in [3.8, 4) is 6.07 Å². The van der Waals surface area contributed by atoms with Crippen LogP contribution in [0.5, 0.6) is 0 Å². The monoisotopic (exact) mass is 494 g/mol. The number of pyridine rings is 1. The molecule has 3 aromatic heterocycles. The number of halogens is 3. The zero-order valence-electron chi connectivity index (χ0n) is 19.6. The van der Waals surface area contributed by atoms with Gasteiger partial charge in [-0.2, -0.15) is 18.4 Å². The van der Waals surface area contributed by atoms with Crippen LogP contribution < -0.4 is 5.56 Å². The molecule has 1 saturated heterocycles. The minimum Gasteiger partial charge on any atom is -0.373 e. The van der Waals surface area contributed by atoms with Crippen molar-refractivity contribution in [3.05, 3.63) is 68.5 Å². The van der Waals surface area contributed by atoms with Crippen molar-refractivity contribution in [2.45, 2.75) is 57.9 Å². The van der Waals surface area contributed by atoms with Crippen molar-refractivity contribution in [3.63, 3.8) is 0 Å². The number of nitriles is 1. The van der Waals surface area contributed by atoms with E-state index in [0.29, 0.717) is 59.1 Å². The van der Waals surface area contributed by atoms with Crippen LogP contribution in [0.15, 0.2) is 34.4 Å². The lowest BCUT2D eigenvalue weighted by molar-refractivity contribution is -0.0934. The Morgan fingerprint density at radius 3 is 2.67 bits per heavy atom. The summed E-state index contributed by atoms with van der Waals surface area (Å²) in [5.74, 6) is 0.307. The van der Waals surface area contributed by atoms with E-state index in [1.54, 1.807) is 26.1 Å². The number of allylic oxidation sites excluding steroid dienone is 1. The Labute approximate surface area is 203 Å². The van der Waals surface area contributed by atoms with Gasteiger partial charge in [-0.25, -0.2) is 19.9 Å². The van der Waals surface area contributed by atoms with Gasteiger partial charge in [0, 0.05) is 36.8 Å². The van der Waals surface area contributed by atoms with Crippen molar-refractivity contribution in [1.82, 2.24) is 24.5 Å². The van der Waals surface area contributed by atoms with Gasteiger partial charge in [0.2, 0.25) is 0 Å². The summed E-state index contributed by atoms with van der Waals surface area (Å²) in [5, 5.41) is 8.98. The predicted molar refractivity (Wildman–Crippen MR) is 123 cm³/mol. The van der Waals surface area contributed by atoms with Gasteiger partial charge < -0.3 is 9.30 Å². The molecule has 4 heterocycles. The fraction of sp³-hybridized carbons (Fsp3) is 0.400. The molecule has 0 amide bonds. The molecule has 11 heteroatoms. The quantitative estimate of drug-likeness (QED) is 0.500. The number of alkyl halides is 3. The van der Waals surface area contributed by atoms with E-state index in [9.17, 15) is 18.0 Å². The van der Waals surface area contributed by atoms with Crippen LogP contribution in [0.2, 0.25) is 0 Å². The van der Waals surface area contributed by atoms with Gasteiger partial charge in [0.25, 0.3) is 5.56 Å². The highest BCUT2D eigenvalue weighted by atomic mass is 19.4. The molecule has 0 N–H and O–H groups in total. The second kappa shape index (κ2) is 8.97. The predicted octanol–water partition coefficient (Wildman–Crippen LogP) is 4.23. The molecule has 3 aromatic rings. The van der Waals surface area contributed by atoms with Crippen molar-refractivity contribution in [2.75, 3.05) is 6.61 Å². The third-order valence-electron chi connectivity index (χ3n) is 6.51. The molecule has 0 radical (unpaired) electrons. The first kappa shape index (κ1) is 23.9. The Bertz CT molecular complexity index is 1550. The summed E-state index contributed by atoms with van der Waals surface area (Å²) >= 11 is 0. The maximum atomic E-state index is 13.1. The van der Waals surface area contributed by atoms with Crippen LogP contribution in [-0.4, -0.2) is 37.3 Å². The zero-order valence-corrected chi connectivity index (χ0v) is 19.6. The average molecular weight is 494 g/mol. The smallest absolute Gasteiger partial charge is 0.373 e. The highest BCUT2D eigenvalue weighted by Gasteiger charge is 2.39. The first-order chi connectivity index (χ1) is 17.1. The van der Waals surface area contributed by atoms with Crippen LogP contribution in [0.3, 0.4) is 0 Å². The minimum absolute atomic E-state index is 0.0695. The van der Waals surface area contributed by atoms with Gasteiger partial charge in [-0.3, -0.25) is 4.79 Å². The van der Waals surface area contributed by atoms with Crippen LogP contribution in [0.4, 0.5) is 13.2 Å². The third-order valence-corrected chi connectivity index (χ3v) is 6.51. The molecule has 36 heavy (non-hydrogen) atoms. The molecular formula is C25H21F3N6O2. The summed E-state index contributed by atoms with van der Waals surface area (Å²) in [6.07, 6.45) is -2.35. The number of aromatic nitrogens is 5. The van der Waals surface area contributed by atoms with Crippen LogP contribution >= 0.6 is 0 Å². The minimum atomic E-state index is -4.43. The van der Waals surface area contributed by atoms with Crippen LogP contribution in [0, 0.1) is 25.2 Å². The van der Waals surface area contributed by atoms with E-state index < -0.39 is 11.7 Å². The largest absolute Gasteiger partial charge is 0.420 e. The number of hydrogen-bond donors (Lipinski definition) is 0. The highest BCUT2D eigenvalue weighted by Crippen LogP contribution is 2.41. The van der Waals surface area contributed by atoms with E-state index in [1.165, 1.54) is 10.6 Å². The SMILES string of the molecule is Cc1nc2nc([C@H]3CCO[C@@H](c4ccc(=O)n(CC#N)c4)C3)nc(C3=C=C(C(F)(F)F)C3)c2nc1C. The van der Waals surface area contributed by atoms with Crippen molar-refractivity contribution >= 4 is 16.7 Å². The molecule has 2 atom stereocenters. The van der Waals surface area contributed by atoms with Crippen LogP contribution in [0.25, 0.3) is 16.7 Å². The van der Waals surface area contributed by atoms with Crippen molar-refractivity contribution in [1.29, 1.82) is 5.26 Å². The molecule has 1 fully saturated rings. The Morgan fingerprint density at radius 1 is 1.19 bits per heavy atom. The number of ether oxygens (including phenoxy) is 1. The lowest BCUT2D eigenvalue weighted by Gasteiger charge is -2.29. The molecule has 0 spiro atoms. The van der Waals surface area contributed by atoms with Gasteiger partial charge in [0.05, 0.1) is 29.1 Å². The third kappa shape index (κ3) is 4.41. The molecule has 1 aliphatic carbocycles. The molecule has 2 aliphatic rings. The average Bonchev–Trinajstić information content (AvgIpc) is 2.80. The maximum Gasteiger partial charge on any atom is 0.420 e. The van der Waals surface area contributed by atoms with Crippen LogP contribution in [-0.2, 0) is 11.3 Å². The number of nitrogens with zero attached hydrogens (tertiary/aromatic N) is 6. The summed E-state index contributed by atoms with van der Waals surface area (Å²) in [5.41, 5.74) is 4.85.